The van der Waals surface area contributed by atoms with E-state index in [0.29, 0.717) is 16.7 Å². The van der Waals surface area contributed by atoms with Crippen LogP contribution >= 0.6 is 15.9 Å². The number of para-hydroxylation sites is 1. The molecular weight excluding hydrogens is 508 g/mol. The van der Waals surface area contributed by atoms with E-state index in [1.807, 2.05) is 32.0 Å². The summed E-state index contributed by atoms with van der Waals surface area (Å²) < 4.78 is 28.7. The van der Waals surface area contributed by atoms with Gasteiger partial charge in [-0.05, 0) is 54.1 Å². The standard InChI is InChI=1S/C24H21BrN2O5S/c1-24(2)14-27(21-6-4-3-5-19(21)24)33(31,32)17-10-7-15(8-11-17)22(28)26-20-12-9-16(25)13-18(20)23(29)30/h3-13H,14H2,1-2H3,(H,26,28)(H,29,30). The zero-order valence-corrected chi connectivity index (χ0v) is 20.3. The van der Waals surface area contributed by atoms with Crippen molar-refractivity contribution in [2.75, 3.05) is 16.2 Å². The van der Waals surface area contributed by atoms with E-state index in [1.165, 1.54) is 40.7 Å². The summed E-state index contributed by atoms with van der Waals surface area (Å²) in [6, 6.07) is 17.5. The van der Waals surface area contributed by atoms with E-state index < -0.39 is 21.9 Å². The zero-order valence-electron chi connectivity index (χ0n) is 17.9. The predicted molar refractivity (Wildman–Crippen MR) is 129 cm³/mol. The summed E-state index contributed by atoms with van der Waals surface area (Å²) in [5, 5.41) is 11.9. The van der Waals surface area contributed by atoms with E-state index in [1.54, 1.807) is 12.1 Å². The van der Waals surface area contributed by atoms with Gasteiger partial charge in [0.05, 0.1) is 21.8 Å². The maximum Gasteiger partial charge on any atom is 0.337 e. The first-order valence-electron chi connectivity index (χ1n) is 10.1. The monoisotopic (exact) mass is 528 g/mol. The number of carboxylic acid groups (broad SMARTS) is 1. The molecule has 2 N–H and O–H groups in total. The Morgan fingerprint density at radius 3 is 2.36 bits per heavy atom. The van der Waals surface area contributed by atoms with Crippen molar-refractivity contribution in [3.63, 3.8) is 0 Å². The number of nitrogens with zero attached hydrogens (tertiary/aromatic N) is 1. The van der Waals surface area contributed by atoms with Gasteiger partial charge in [0.25, 0.3) is 15.9 Å². The molecule has 0 unspecified atom stereocenters. The number of hydrogen-bond donors (Lipinski definition) is 2. The van der Waals surface area contributed by atoms with Crippen molar-refractivity contribution in [2.45, 2.75) is 24.2 Å². The number of nitrogens with one attached hydrogen (secondary N) is 1. The van der Waals surface area contributed by atoms with E-state index in [9.17, 15) is 23.1 Å². The van der Waals surface area contributed by atoms with Crippen LogP contribution in [0.2, 0.25) is 0 Å². The Hall–Kier alpha value is -3.17. The van der Waals surface area contributed by atoms with Crippen LogP contribution in [0.25, 0.3) is 0 Å². The molecule has 1 aliphatic rings. The third-order valence-corrected chi connectivity index (χ3v) is 7.87. The zero-order chi connectivity index (χ0) is 24.0. The average molecular weight is 529 g/mol. The van der Waals surface area contributed by atoms with Gasteiger partial charge in [-0.2, -0.15) is 0 Å². The number of benzene rings is 3. The van der Waals surface area contributed by atoms with Crippen molar-refractivity contribution in [3.8, 4) is 0 Å². The number of carboxylic acids is 1. The Kier molecular flexibility index (Phi) is 5.79. The average Bonchev–Trinajstić information content (AvgIpc) is 3.07. The summed E-state index contributed by atoms with van der Waals surface area (Å²) in [6.07, 6.45) is 0. The van der Waals surface area contributed by atoms with E-state index in [-0.39, 0.29) is 27.1 Å². The highest BCUT2D eigenvalue weighted by Crippen LogP contribution is 2.42. The third-order valence-electron chi connectivity index (χ3n) is 5.61. The van der Waals surface area contributed by atoms with Gasteiger partial charge in [0.1, 0.15) is 0 Å². The molecule has 0 fully saturated rings. The van der Waals surface area contributed by atoms with Crippen molar-refractivity contribution < 1.29 is 23.1 Å². The number of amides is 1. The van der Waals surface area contributed by atoms with Crippen LogP contribution in [-0.4, -0.2) is 31.9 Å². The van der Waals surface area contributed by atoms with Crippen LogP contribution in [0.1, 0.15) is 40.1 Å². The van der Waals surface area contributed by atoms with Crippen molar-refractivity contribution >= 4 is 49.2 Å². The molecule has 0 aromatic heterocycles. The Labute approximate surface area is 200 Å². The second kappa shape index (κ2) is 8.31. The second-order valence-electron chi connectivity index (χ2n) is 8.39. The molecule has 1 heterocycles. The lowest BCUT2D eigenvalue weighted by molar-refractivity contribution is 0.0698. The topological polar surface area (TPSA) is 104 Å². The minimum Gasteiger partial charge on any atom is -0.478 e. The van der Waals surface area contributed by atoms with Gasteiger partial charge in [0.2, 0.25) is 0 Å². The summed E-state index contributed by atoms with van der Waals surface area (Å²) in [6.45, 7) is 4.32. The van der Waals surface area contributed by atoms with Gasteiger partial charge in [-0.25, -0.2) is 13.2 Å². The molecule has 9 heteroatoms. The molecule has 0 saturated carbocycles. The minimum atomic E-state index is -3.83. The van der Waals surface area contributed by atoms with Crippen LogP contribution in [0, 0.1) is 0 Å². The molecule has 33 heavy (non-hydrogen) atoms. The number of carbonyl (C=O) groups is 2. The van der Waals surface area contributed by atoms with Crippen molar-refractivity contribution in [1.29, 1.82) is 0 Å². The molecule has 0 radical (unpaired) electrons. The smallest absolute Gasteiger partial charge is 0.337 e. The normalized spacial score (nSPS) is 14.6. The largest absolute Gasteiger partial charge is 0.478 e. The fourth-order valence-corrected chi connectivity index (χ4v) is 5.92. The summed E-state index contributed by atoms with van der Waals surface area (Å²) in [7, 11) is -3.83. The van der Waals surface area contributed by atoms with E-state index in [2.05, 4.69) is 21.2 Å². The van der Waals surface area contributed by atoms with Crippen LogP contribution in [-0.2, 0) is 15.4 Å². The Bertz CT molecular complexity index is 1370. The number of sulfonamides is 1. The first-order chi connectivity index (χ1) is 15.5. The van der Waals surface area contributed by atoms with E-state index in [0.717, 1.165) is 5.56 Å². The number of anilines is 2. The number of hydrogen-bond acceptors (Lipinski definition) is 4. The van der Waals surface area contributed by atoms with Crippen LogP contribution in [0.15, 0.2) is 76.1 Å². The summed E-state index contributed by atoms with van der Waals surface area (Å²) in [5.74, 6) is -1.72. The highest BCUT2D eigenvalue weighted by molar-refractivity contribution is 9.10. The van der Waals surface area contributed by atoms with Gasteiger partial charge in [-0.1, -0.05) is 48.0 Å². The number of halogens is 1. The second-order valence-corrected chi connectivity index (χ2v) is 11.2. The van der Waals surface area contributed by atoms with Crippen LogP contribution in [0.4, 0.5) is 11.4 Å². The van der Waals surface area contributed by atoms with Crippen molar-refractivity contribution in [3.05, 3.63) is 87.9 Å². The van der Waals surface area contributed by atoms with Crippen molar-refractivity contribution in [1.82, 2.24) is 0 Å². The molecule has 4 rings (SSSR count). The van der Waals surface area contributed by atoms with Crippen LogP contribution in [0.3, 0.4) is 0 Å². The van der Waals surface area contributed by atoms with Crippen LogP contribution in [0.5, 0.6) is 0 Å². The number of fused-ring (bicyclic) bond motifs is 1. The van der Waals surface area contributed by atoms with Gasteiger partial charge in [0, 0.05) is 22.0 Å². The molecule has 1 amide bonds. The molecule has 3 aromatic rings. The molecule has 170 valence electrons. The quantitative estimate of drug-likeness (QED) is 0.490. The van der Waals surface area contributed by atoms with Gasteiger partial charge < -0.3 is 10.4 Å². The maximum absolute atomic E-state index is 13.4. The summed E-state index contributed by atoms with van der Waals surface area (Å²) in [4.78, 5) is 24.2. The molecule has 0 aliphatic carbocycles. The number of aromatic carboxylic acids is 1. The SMILES string of the molecule is CC1(C)CN(S(=O)(=O)c2ccc(C(=O)Nc3ccc(Br)cc3C(=O)O)cc2)c2ccccc21. The maximum atomic E-state index is 13.4. The van der Waals surface area contributed by atoms with E-state index in [4.69, 9.17) is 0 Å². The molecular formula is C24H21BrN2O5S. The first-order valence-corrected chi connectivity index (χ1v) is 12.3. The number of rotatable bonds is 5. The fourth-order valence-electron chi connectivity index (χ4n) is 3.91. The predicted octanol–water partition coefficient (Wildman–Crippen LogP) is 4.89. The van der Waals surface area contributed by atoms with Gasteiger partial charge in [-0.15, -0.1) is 0 Å². The molecule has 1 aliphatic heterocycles. The molecule has 7 nitrogen and oxygen atoms in total. The highest BCUT2D eigenvalue weighted by atomic mass is 79.9. The molecule has 0 atom stereocenters. The Morgan fingerprint density at radius 2 is 1.70 bits per heavy atom. The first kappa shape index (κ1) is 23.0. The molecule has 0 spiro atoms. The lowest BCUT2D eigenvalue weighted by atomic mass is 9.87. The summed E-state index contributed by atoms with van der Waals surface area (Å²) in [5.41, 5.74) is 1.58. The van der Waals surface area contributed by atoms with E-state index >= 15 is 0 Å². The van der Waals surface area contributed by atoms with Crippen molar-refractivity contribution in [2.24, 2.45) is 0 Å². The number of carbonyl (C=O) groups excluding carboxylic acids is 1. The third kappa shape index (κ3) is 4.26. The van der Waals surface area contributed by atoms with Gasteiger partial charge in [0.15, 0.2) is 0 Å². The van der Waals surface area contributed by atoms with Gasteiger partial charge in [-0.3, -0.25) is 9.10 Å². The van der Waals surface area contributed by atoms with Crippen LogP contribution < -0.4 is 9.62 Å². The lowest BCUT2D eigenvalue weighted by Gasteiger charge is -2.22. The summed E-state index contributed by atoms with van der Waals surface area (Å²) >= 11 is 3.21. The van der Waals surface area contributed by atoms with Gasteiger partial charge >= 0.3 is 5.97 Å². The lowest BCUT2D eigenvalue weighted by Crippen LogP contribution is -2.34. The molecule has 0 bridgehead atoms. The minimum absolute atomic E-state index is 0.0627. The Balaban J connectivity index is 1.59. The molecule has 3 aromatic carbocycles. The highest BCUT2D eigenvalue weighted by Gasteiger charge is 2.40. The fraction of sp³-hybridized carbons (Fsp3) is 0.167. The Morgan fingerprint density at radius 1 is 1.03 bits per heavy atom. The molecule has 0 saturated heterocycles.